The molecule has 1 heterocycles. The van der Waals surface area contributed by atoms with Crippen molar-refractivity contribution in [3.63, 3.8) is 0 Å². The number of aromatic nitrogens is 1. The van der Waals surface area contributed by atoms with Crippen molar-refractivity contribution in [2.75, 3.05) is 26.8 Å². The van der Waals surface area contributed by atoms with E-state index in [0.29, 0.717) is 30.2 Å². The maximum absolute atomic E-state index is 13.3. The van der Waals surface area contributed by atoms with Crippen LogP contribution in [0.25, 0.3) is 11.3 Å². The van der Waals surface area contributed by atoms with Crippen LogP contribution >= 0.6 is 15.9 Å². The van der Waals surface area contributed by atoms with Crippen LogP contribution in [0, 0.1) is 5.82 Å². The molecule has 2 rings (SSSR count). The van der Waals surface area contributed by atoms with Gasteiger partial charge in [0.15, 0.2) is 11.7 Å². The van der Waals surface area contributed by atoms with E-state index in [1.165, 1.54) is 12.1 Å². The summed E-state index contributed by atoms with van der Waals surface area (Å²) in [5.74, 6) is 0.881. The van der Waals surface area contributed by atoms with Crippen molar-refractivity contribution >= 4 is 15.9 Å². The number of benzene rings is 1. The molecule has 0 saturated carbocycles. The smallest absolute Gasteiger partial charge is 0.196 e. The second kappa shape index (κ2) is 7.52. The van der Waals surface area contributed by atoms with Crippen molar-refractivity contribution in [3.8, 4) is 11.3 Å². The molecule has 1 aromatic heterocycles. The second-order valence-electron chi connectivity index (χ2n) is 4.24. The average Bonchev–Trinajstić information content (AvgIpc) is 2.90. The van der Waals surface area contributed by atoms with E-state index in [0.717, 1.165) is 17.6 Å². The van der Waals surface area contributed by atoms with E-state index >= 15 is 0 Å². The maximum atomic E-state index is 13.3. The summed E-state index contributed by atoms with van der Waals surface area (Å²) in [6.07, 6.45) is 2.29. The van der Waals surface area contributed by atoms with Crippen molar-refractivity contribution in [2.45, 2.75) is 6.42 Å². The molecule has 0 unspecified atom stereocenters. The monoisotopic (exact) mass is 342 g/mol. The van der Waals surface area contributed by atoms with Crippen LogP contribution in [0.2, 0.25) is 0 Å². The quantitative estimate of drug-likeness (QED) is 0.785. The lowest BCUT2D eigenvalue weighted by Gasteiger charge is -2.02. The van der Waals surface area contributed by atoms with Crippen LogP contribution in [0.5, 0.6) is 0 Å². The highest BCUT2D eigenvalue weighted by molar-refractivity contribution is 9.10. The Bertz CT molecular complexity index is 560. The molecule has 0 bridgehead atoms. The topological polar surface area (TPSA) is 47.3 Å². The standard InChI is InChI=1S/C14H16BrFN2O2/c1-19-7-6-17-5-4-14-18-9-13(20-14)11-8-10(16)2-3-12(11)15/h2-3,8-9,17H,4-7H2,1H3. The number of nitrogens with zero attached hydrogens (tertiary/aromatic N) is 1. The molecule has 0 atom stereocenters. The number of oxazole rings is 1. The van der Waals surface area contributed by atoms with Crippen LogP contribution in [-0.4, -0.2) is 31.8 Å². The molecule has 0 aliphatic carbocycles. The lowest BCUT2D eigenvalue weighted by atomic mass is 10.2. The molecule has 0 radical (unpaired) electrons. The highest BCUT2D eigenvalue weighted by Crippen LogP contribution is 2.29. The Morgan fingerprint density at radius 2 is 2.25 bits per heavy atom. The number of rotatable bonds is 7. The summed E-state index contributed by atoms with van der Waals surface area (Å²) in [7, 11) is 1.67. The average molecular weight is 343 g/mol. The first-order chi connectivity index (χ1) is 9.70. The molecular weight excluding hydrogens is 327 g/mol. The van der Waals surface area contributed by atoms with E-state index in [4.69, 9.17) is 9.15 Å². The SMILES string of the molecule is COCCNCCc1ncc(-c2cc(F)ccc2Br)o1. The lowest BCUT2D eigenvalue weighted by molar-refractivity contribution is 0.199. The van der Waals surface area contributed by atoms with Gasteiger partial charge in [0.25, 0.3) is 0 Å². The Balaban J connectivity index is 1.96. The third kappa shape index (κ3) is 4.13. The maximum Gasteiger partial charge on any atom is 0.196 e. The summed E-state index contributed by atoms with van der Waals surface area (Å²) in [6.45, 7) is 2.22. The van der Waals surface area contributed by atoms with Crippen LogP contribution in [-0.2, 0) is 11.2 Å². The fraction of sp³-hybridized carbons (Fsp3) is 0.357. The van der Waals surface area contributed by atoms with Gasteiger partial charge >= 0.3 is 0 Å². The van der Waals surface area contributed by atoms with Crippen molar-refractivity contribution < 1.29 is 13.5 Å². The van der Waals surface area contributed by atoms with Gasteiger partial charge in [-0.15, -0.1) is 0 Å². The first-order valence-electron chi connectivity index (χ1n) is 6.30. The zero-order chi connectivity index (χ0) is 14.4. The van der Waals surface area contributed by atoms with Gasteiger partial charge in [0.2, 0.25) is 0 Å². The predicted octanol–water partition coefficient (Wildman–Crippen LogP) is 3.02. The first-order valence-corrected chi connectivity index (χ1v) is 7.10. The fourth-order valence-electron chi connectivity index (χ4n) is 1.73. The number of nitrogens with one attached hydrogen (secondary N) is 1. The number of methoxy groups -OCH3 is 1. The minimum atomic E-state index is -0.303. The van der Waals surface area contributed by atoms with Crippen LogP contribution < -0.4 is 5.32 Å². The number of ether oxygens (including phenoxy) is 1. The molecule has 0 aliphatic heterocycles. The third-order valence-corrected chi connectivity index (χ3v) is 3.44. The van der Waals surface area contributed by atoms with Crippen molar-refractivity contribution in [2.24, 2.45) is 0 Å². The van der Waals surface area contributed by atoms with Gasteiger partial charge in [-0.2, -0.15) is 0 Å². The normalized spacial score (nSPS) is 10.9. The van der Waals surface area contributed by atoms with Gasteiger partial charge in [-0.3, -0.25) is 0 Å². The van der Waals surface area contributed by atoms with Crippen LogP contribution in [0.4, 0.5) is 4.39 Å². The summed E-state index contributed by atoms with van der Waals surface area (Å²) in [5.41, 5.74) is 0.663. The van der Waals surface area contributed by atoms with E-state index in [-0.39, 0.29) is 5.82 Å². The van der Waals surface area contributed by atoms with Gasteiger partial charge in [-0.05, 0) is 18.2 Å². The minimum absolute atomic E-state index is 0.303. The predicted molar refractivity (Wildman–Crippen MR) is 78.0 cm³/mol. The van der Waals surface area contributed by atoms with E-state index in [2.05, 4.69) is 26.2 Å². The van der Waals surface area contributed by atoms with Gasteiger partial charge in [0, 0.05) is 36.7 Å². The summed E-state index contributed by atoms with van der Waals surface area (Å²) in [5, 5.41) is 3.21. The zero-order valence-corrected chi connectivity index (χ0v) is 12.7. The Morgan fingerprint density at radius 3 is 3.05 bits per heavy atom. The van der Waals surface area contributed by atoms with E-state index in [1.807, 2.05) is 0 Å². The number of hydrogen-bond acceptors (Lipinski definition) is 4. The molecule has 6 heteroatoms. The second-order valence-corrected chi connectivity index (χ2v) is 5.09. The zero-order valence-electron chi connectivity index (χ0n) is 11.2. The molecule has 4 nitrogen and oxygen atoms in total. The summed E-state index contributed by atoms with van der Waals surface area (Å²) >= 11 is 3.38. The van der Waals surface area contributed by atoms with Gasteiger partial charge in [0.1, 0.15) is 5.82 Å². The van der Waals surface area contributed by atoms with E-state index in [9.17, 15) is 4.39 Å². The summed E-state index contributed by atoms with van der Waals surface area (Å²) in [6, 6.07) is 4.47. The summed E-state index contributed by atoms with van der Waals surface area (Å²) < 4.78 is 24.6. The van der Waals surface area contributed by atoms with Crippen LogP contribution in [0.3, 0.4) is 0 Å². The van der Waals surface area contributed by atoms with Gasteiger partial charge in [-0.25, -0.2) is 9.37 Å². The molecule has 0 spiro atoms. The van der Waals surface area contributed by atoms with E-state index in [1.54, 1.807) is 19.4 Å². The van der Waals surface area contributed by atoms with Gasteiger partial charge in [-0.1, -0.05) is 15.9 Å². The largest absolute Gasteiger partial charge is 0.441 e. The minimum Gasteiger partial charge on any atom is -0.441 e. The fourth-order valence-corrected chi connectivity index (χ4v) is 2.17. The van der Waals surface area contributed by atoms with Crippen molar-refractivity contribution in [1.29, 1.82) is 0 Å². The molecule has 0 saturated heterocycles. The van der Waals surface area contributed by atoms with Crippen LogP contribution in [0.1, 0.15) is 5.89 Å². The van der Waals surface area contributed by atoms with Crippen LogP contribution in [0.15, 0.2) is 33.3 Å². The molecule has 0 amide bonds. The van der Waals surface area contributed by atoms with Crippen molar-refractivity contribution in [1.82, 2.24) is 10.3 Å². The van der Waals surface area contributed by atoms with Crippen molar-refractivity contribution in [3.05, 3.63) is 40.6 Å². The molecule has 1 aromatic carbocycles. The molecule has 1 N–H and O–H groups in total. The number of halogens is 2. The Kier molecular flexibility index (Phi) is 5.70. The van der Waals surface area contributed by atoms with Gasteiger partial charge < -0.3 is 14.5 Å². The molecule has 2 aromatic rings. The molecular formula is C14H16BrFN2O2. The number of hydrogen-bond donors (Lipinski definition) is 1. The van der Waals surface area contributed by atoms with Gasteiger partial charge in [0.05, 0.1) is 12.8 Å². The molecule has 20 heavy (non-hydrogen) atoms. The lowest BCUT2D eigenvalue weighted by Crippen LogP contribution is -2.21. The molecule has 108 valence electrons. The Hall–Kier alpha value is -1.24. The highest BCUT2D eigenvalue weighted by Gasteiger charge is 2.10. The third-order valence-electron chi connectivity index (χ3n) is 2.75. The Morgan fingerprint density at radius 1 is 1.40 bits per heavy atom. The summed E-state index contributed by atoms with van der Waals surface area (Å²) in [4.78, 5) is 4.20. The highest BCUT2D eigenvalue weighted by atomic mass is 79.9. The first kappa shape index (κ1) is 15.2. The molecule has 0 aliphatic rings. The molecule has 0 fully saturated rings. The Labute approximate surface area is 125 Å². The van der Waals surface area contributed by atoms with E-state index < -0.39 is 0 Å².